The highest BCUT2D eigenvalue weighted by Gasteiger charge is 2.10. The predicted octanol–water partition coefficient (Wildman–Crippen LogP) is 4.20. The first-order valence-corrected chi connectivity index (χ1v) is 9.43. The minimum Gasteiger partial charge on any atom is -0.457 e. The number of ether oxygens (including phenoxy) is 1. The smallest absolute Gasteiger partial charge is 0.223 e. The fraction of sp³-hybridized carbons (Fsp3) is 0.100. The van der Waals surface area contributed by atoms with Crippen LogP contribution in [0, 0.1) is 6.92 Å². The number of aryl methyl sites for hydroxylation is 2. The second kappa shape index (κ2) is 7.20. The molecule has 0 radical (unpaired) electrons. The van der Waals surface area contributed by atoms with Crippen LogP contribution >= 0.6 is 11.6 Å². The molecule has 1 N–H and O–H groups in total. The number of benzene rings is 2. The molecule has 0 atom stereocenters. The van der Waals surface area contributed by atoms with Gasteiger partial charge in [-0.1, -0.05) is 5.21 Å². The van der Waals surface area contributed by atoms with E-state index in [-0.39, 0.29) is 5.28 Å². The maximum Gasteiger partial charge on any atom is 0.223 e. The van der Waals surface area contributed by atoms with Gasteiger partial charge in [0.15, 0.2) is 5.82 Å². The van der Waals surface area contributed by atoms with E-state index < -0.39 is 0 Å². The molecule has 0 saturated carbocycles. The number of rotatable bonds is 4. The van der Waals surface area contributed by atoms with Crippen molar-refractivity contribution in [2.24, 2.45) is 7.05 Å². The molecule has 0 fully saturated rings. The third-order valence-corrected chi connectivity index (χ3v) is 4.78. The highest BCUT2D eigenvalue weighted by atomic mass is 35.5. The van der Waals surface area contributed by atoms with Gasteiger partial charge >= 0.3 is 0 Å². The summed E-state index contributed by atoms with van der Waals surface area (Å²) < 4.78 is 7.77. The molecule has 2 aromatic carbocycles. The Morgan fingerprint density at radius 2 is 1.93 bits per heavy atom. The summed E-state index contributed by atoms with van der Waals surface area (Å²) in [5.41, 5.74) is 4.66. The van der Waals surface area contributed by atoms with Crippen LogP contribution < -0.4 is 10.1 Å². The number of fused-ring (bicyclic) bond motifs is 2. The quantitative estimate of drug-likeness (QED) is 0.433. The standard InChI is InChI=1S/C20H15ClN8O/c1-11-7-12(25-19-18-15(23-10-24-19)9-22-20(21)26-18)3-6-17(11)30-13-4-5-16-14(8-13)27-28-29(16)2/h3-10H,1-2H3,(H,23,24,25). The summed E-state index contributed by atoms with van der Waals surface area (Å²) in [7, 11) is 1.85. The van der Waals surface area contributed by atoms with Crippen molar-refractivity contribution in [1.29, 1.82) is 0 Å². The van der Waals surface area contributed by atoms with Crippen LogP contribution in [-0.4, -0.2) is 34.9 Å². The van der Waals surface area contributed by atoms with Crippen LogP contribution in [-0.2, 0) is 7.05 Å². The summed E-state index contributed by atoms with van der Waals surface area (Å²) in [4.78, 5) is 16.6. The van der Waals surface area contributed by atoms with Crippen molar-refractivity contribution in [2.75, 3.05) is 5.32 Å². The topological polar surface area (TPSA) is 104 Å². The molecule has 5 rings (SSSR count). The average Bonchev–Trinajstić information content (AvgIpc) is 3.11. The zero-order valence-corrected chi connectivity index (χ0v) is 16.8. The van der Waals surface area contributed by atoms with Gasteiger partial charge in [0.2, 0.25) is 5.28 Å². The maximum absolute atomic E-state index is 6.05. The molecule has 148 valence electrons. The normalized spacial score (nSPS) is 11.2. The number of nitrogens with one attached hydrogen (secondary N) is 1. The van der Waals surface area contributed by atoms with E-state index in [1.165, 1.54) is 6.33 Å². The molecule has 3 aromatic heterocycles. The number of hydrogen-bond donors (Lipinski definition) is 1. The van der Waals surface area contributed by atoms with Crippen LogP contribution in [0.25, 0.3) is 22.1 Å². The number of nitrogens with zero attached hydrogens (tertiary/aromatic N) is 7. The Morgan fingerprint density at radius 1 is 1.03 bits per heavy atom. The Kier molecular flexibility index (Phi) is 4.36. The molecule has 0 aliphatic rings. The first-order valence-electron chi connectivity index (χ1n) is 9.05. The van der Waals surface area contributed by atoms with Gasteiger partial charge in [0.05, 0.1) is 11.7 Å². The van der Waals surface area contributed by atoms with Crippen LogP contribution in [0.5, 0.6) is 11.5 Å². The van der Waals surface area contributed by atoms with Crippen molar-refractivity contribution in [3.63, 3.8) is 0 Å². The van der Waals surface area contributed by atoms with Gasteiger partial charge in [0.25, 0.3) is 0 Å². The molecule has 0 unspecified atom stereocenters. The summed E-state index contributed by atoms with van der Waals surface area (Å²) in [6.45, 7) is 1.97. The fourth-order valence-electron chi connectivity index (χ4n) is 3.11. The third kappa shape index (κ3) is 3.35. The molecule has 0 bridgehead atoms. The summed E-state index contributed by atoms with van der Waals surface area (Å²) >= 11 is 5.92. The second-order valence-electron chi connectivity index (χ2n) is 6.67. The number of halogens is 1. The van der Waals surface area contributed by atoms with Gasteiger partial charge in [-0.2, -0.15) is 0 Å². The minimum absolute atomic E-state index is 0.139. The van der Waals surface area contributed by atoms with Crippen LogP contribution in [0.2, 0.25) is 5.28 Å². The maximum atomic E-state index is 6.05. The molecule has 0 aliphatic carbocycles. The molecule has 0 aliphatic heterocycles. The Hall–Kier alpha value is -3.85. The van der Waals surface area contributed by atoms with Crippen molar-refractivity contribution in [2.45, 2.75) is 6.92 Å². The van der Waals surface area contributed by atoms with E-state index in [0.717, 1.165) is 28.0 Å². The highest BCUT2D eigenvalue weighted by molar-refractivity contribution is 6.28. The minimum atomic E-state index is 0.139. The molecule has 0 spiro atoms. The largest absolute Gasteiger partial charge is 0.457 e. The Bertz CT molecular complexity index is 1400. The first-order chi connectivity index (χ1) is 14.6. The lowest BCUT2D eigenvalue weighted by Crippen LogP contribution is -1.99. The lowest BCUT2D eigenvalue weighted by atomic mass is 10.2. The molecule has 5 aromatic rings. The monoisotopic (exact) mass is 418 g/mol. The van der Waals surface area contributed by atoms with Gasteiger partial charge < -0.3 is 10.1 Å². The number of aromatic nitrogens is 7. The molecule has 9 nitrogen and oxygen atoms in total. The van der Waals surface area contributed by atoms with Crippen LogP contribution in [0.15, 0.2) is 48.9 Å². The summed E-state index contributed by atoms with van der Waals surface area (Å²) in [6.07, 6.45) is 3.02. The third-order valence-electron chi connectivity index (χ3n) is 4.60. The Labute approximate surface area is 175 Å². The summed E-state index contributed by atoms with van der Waals surface area (Å²) in [5, 5.41) is 11.5. The Morgan fingerprint density at radius 3 is 2.80 bits per heavy atom. The average molecular weight is 419 g/mol. The highest BCUT2D eigenvalue weighted by Crippen LogP contribution is 2.30. The van der Waals surface area contributed by atoms with Gasteiger partial charge in [-0.25, -0.2) is 24.6 Å². The van der Waals surface area contributed by atoms with Gasteiger partial charge in [0, 0.05) is 18.8 Å². The summed E-state index contributed by atoms with van der Waals surface area (Å²) in [5.74, 6) is 1.98. The number of anilines is 2. The summed E-state index contributed by atoms with van der Waals surface area (Å²) in [6, 6.07) is 11.5. The van der Waals surface area contributed by atoms with Crippen LogP contribution in [0.3, 0.4) is 0 Å². The zero-order valence-electron chi connectivity index (χ0n) is 16.0. The second-order valence-corrected chi connectivity index (χ2v) is 7.00. The van der Waals surface area contributed by atoms with Gasteiger partial charge in [0.1, 0.15) is 34.4 Å². The van der Waals surface area contributed by atoms with Gasteiger partial charge in [-0.05, 0) is 54.4 Å². The molecule has 0 amide bonds. The molecule has 30 heavy (non-hydrogen) atoms. The van der Waals surface area contributed by atoms with E-state index in [2.05, 4.69) is 35.6 Å². The van der Waals surface area contributed by atoms with Crippen molar-refractivity contribution in [1.82, 2.24) is 34.9 Å². The Balaban J connectivity index is 1.41. The van der Waals surface area contributed by atoms with E-state index in [1.807, 2.05) is 50.4 Å². The van der Waals surface area contributed by atoms with Gasteiger partial charge in [-0.15, -0.1) is 5.10 Å². The number of hydrogen-bond acceptors (Lipinski definition) is 8. The SMILES string of the molecule is Cc1cc(Nc2ncnc3cnc(Cl)nc23)ccc1Oc1ccc2c(c1)nnn2C. The van der Waals surface area contributed by atoms with Crippen molar-refractivity contribution in [3.8, 4) is 11.5 Å². The molecular formula is C20H15ClN8O. The van der Waals surface area contributed by atoms with E-state index in [1.54, 1.807) is 10.9 Å². The van der Waals surface area contributed by atoms with Crippen LogP contribution in [0.4, 0.5) is 11.5 Å². The molecular weight excluding hydrogens is 404 g/mol. The first kappa shape index (κ1) is 18.2. The van der Waals surface area contributed by atoms with Crippen molar-refractivity contribution >= 4 is 45.2 Å². The lowest BCUT2D eigenvalue weighted by Gasteiger charge is -2.12. The fourth-order valence-corrected chi connectivity index (χ4v) is 3.25. The van der Waals surface area contributed by atoms with Gasteiger partial charge in [-0.3, -0.25) is 0 Å². The molecule has 3 heterocycles. The van der Waals surface area contributed by atoms with E-state index >= 15 is 0 Å². The molecule has 10 heteroatoms. The van der Waals surface area contributed by atoms with Crippen molar-refractivity contribution in [3.05, 3.63) is 59.8 Å². The zero-order chi connectivity index (χ0) is 20.7. The van der Waals surface area contributed by atoms with E-state index in [0.29, 0.717) is 22.6 Å². The molecule has 0 saturated heterocycles. The lowest BCUT2D eigenvalue weighted by molar-refractivity contribution is 0.479. The van der Waals surface area contributed by atoms with Crippen molar-refractivity contribution < 1.29 is 4.74 Å². The predicted molar refractivity (Wildman–Crippen MR) is 113 cm³/mol. The van der Waals surface area contributed by atoms with E-state index in [9.17, 15) is 0 Å². The van der Waals surface area contributed by atoms with E-state index in [4.69, 9.17) is 16.3 Å². The van der Waals surface area contributed by atoms with Crippen LogP contribution in [0.1, 0.15) is 5.56 Å².